The first-order chi connectivity index (χ1) is 11.6. The van der Waals surface area contributed by atoms with E-state index in [-0.39, 0.29) is 16.4 Å². The van der Waals surface area contributed by atoms with Crippen LogP contribution in [0.5, 0.6) is 0 Å². The third-order valence-corrected chi connectivity index (χ3v) is 6.68. The van der Waals surface area contributed by atoms with E-state index in [0.29, 0.717) is 32.7 Å². The number of pyridine rings is 1. The monoisotopic (exact) mass is 352 g/mol. The van der Waals surface area contributed by atoms with Crippen LogP contribution >= 0.6 is 0 Å². The fourth-order valence-corrected chi connectivity index (χ4v) is 5.18. The van der Waals surface area contributed by atoms with Crippen molar-refractivity contribution in [3.8, 4) is 0 Å². The molecule has 1 aromatic rings. The van der Waals surface area contributed by atoms with E-state index in [1.165, 1.54) is 6.20 Å². The van der Waals surface area contributed by atoms with Crippen molar-refractivity contribution in [2.45, 2.75) is 30.3 Å². The van der Waals surface area contributed by atoms with Crippen LogP contribution in [0.2, 0.25) is 0 Å². The summed E-state index contributed by atoms with van der Waals surface area (Å²) in [5.74, 6) is 0. The molecule has 0 bridgehead atoms. The first-order valence-electron chi connectivity index (χ1n) is 8.29. The Labute approximate surface area is 143 Å². The second kappa shape index (κ2) is 7.31. The first-order valence-corrected chi connectivity index (χ1v) is 9.73. The van der Waals surface area contributed by atoms with Crippen LogP contribution in [-0.4, -0.2) is 56.7 Å². The van der Waals surface area contributed by atoms with Crippen LogP contribution in [0, 0.1) is 5.41 Å². The Balaban J connectivity index is 1.83. The molecular formula is C17H24N2O4S. The number of sulfonamides is 1. The summed E-state index contributed by atoms with van der Waals surface area (Å²) in [6.07, 6.45) is 7.27. The van der Waals surface area contributed by atoms with E-state index in [0.717, 1.165) is 19.4 Å². The van der Waals surface area contributed by atoms with Gasteiger partial charge in [-0.3, -0.25) is 4.98 Å². The van der Waals surface area contributed by atoms with Gasteiger partial charge in [-0.1, -0.05) is 6.08 Å². The zero-order chi connectivity index (χ0) is 17.0. The molecule has 24 heavy (non-hydrogen) atoms. The normalized spacial score (nSPS) is 28.2. The highest BCUT2D eigenvalue weighted by atomic mass is 32.2. The predicted octanol–water partition coefficient (Wildman–Crippen LogP) is 1.84. The summed E-state index contributed by atoms with van der Waals surface area (Å²) in [5, 5.41) is 0. The molecule has 132 valence electrons. The molecular weight excluding hydrogens is 328 g/mol. The van der Waals surface area contributed by atoms with Crippen molar-refractivity contribution in [3.63, 3.8) is 0 Å². The number of hydrogen-bond acceptors (Lipinski definition) is 5. The van der Waals surface area contributed by atoms with E-state index < -0.39 is 10.0 Å². The molecule has 2 fully saturated rings. The second-order valence-electron chi connectivity index (χ2n) is 6.45. The van der Waals surface area contributed by atoms with Crippen molar-refractivity contribution in [3.05, 3.63) is 37.2 Å². The van der Waals surface area contributed by atoms with Gasteiger partial charge in [0, 0.05) is 37.5 Å². The van der Waals surface area contributed by atoms with Crippen molar-refractivity contribution in [2.24, 2.45) is 5.41 Å². The maximum Gasteiger partial charge on any atom is 0.244 e. The Hall–Kier alpha value is -1.28. The van der Waals surface area contributed by atoms with Crippen LogP contribution in [0.1, 0.15) is 19.3 Å². The molecule has 1 aromatic heterocycles. The quantitative estimate of drug-likeness (QED) is 0.577. The number of piperidine rings is 1. The molecule has 3 heterocycles. The van der Waals surface area contributed by atoms with E-state index in [1.54, 1.807) is 28.7 Å². The van der Waals surface area contributed by atoms with Gasteiger partial charge in [0.1, 0.15) is 4.90 Å². The molecule has 0 aliphatic carbocycles. The average Bonchev–Trinajstić information content (AvgIpc) is 2.62. The Kier molecular flexibility index (Phi) is 5.34. The predicted molar refractivity (Wildman–Crippen MR) is 90.0 cm³/mol. The minimum Gasteiger partial charge on any atom is -0.377 e. The zero-order valence-corrected chi connectivity index (χ0v) is 14.6. The number of rotatable bonds is 6. The first kappa shape index (κ1) is 17.5. The molecule has 2 atom stereocenters. The lowest BCUT2D eigenvalue weighted by Crippen LogP contribution is -2.58. The summed E-state index contributed by atoms with van der Waals surface area (Å²) in [5.41, 5.74) is -0.283. The van der Waals surface area contributed by atoms with Gasteiger partial charge in [-0.05, 0) is 31.4 Å². The van der Waals surface area contributed by atoms with E-state index >= 15 is 0 Å². The molecule has 3 rings (SSSR count). The number of aromatic nitrogens is 1. The van der Waals surface area contributed by atoms with E-state index in [1.807, 2.05) is 0 Å². The lowest BCUT2D eigenvalue weighted by molar-refractivity contribution is -0.140. The Morgan fingerprint density at radius 2 is 2.42 bits per heavy atom. The third-order valence-electron chi connectivity index (χ3n) is 4.85. The highest BCUT2D eigenvalue weighted by Crippen LogP contribution is 2.41. The molecule has 2 aliphatic heterocycles. The summed E-state index contributed by atoms with van der Waals surface area (Å²) in [6, 6.07) is 3.24. The van der Waals surface area contributed by atoms with Gasteiger partial charge >= 0.3 is 0 Å². The highest BCUT2D eigenvalue weighted by Gasteiger charge is 2.48. The average molecular weight is 352 g/mol. The molecule has 0 amide bonds. The second-order valence-corrected chi connectivity index (χ2v) is 8.38. The Bertz CT molecular complexity index is 664. The third kappa shape index (κ3) is 3.39. The minimum atomic E-state index is -3.54. The van der Waals surface area contributed by atoms with Crippen LogP contribution in [0.3, 0.4) is 0 Å². The van der Waals surface area contributed by atoms with Crippen LogP contribution in [0.4, 0.5) is 0 Å². The van der Waals surface area contributed by atoms with Crippen molar-refractivity contribution in [1.29, 1.82) is 0 Å². The fraction of sp³-hybridized carbons (Fsp3) is 0.588. The van der Waals surface area contributed by atoms with Gasteiger partial charge in [0.25, 0.3) is 0 Å². The van der Waals surface area contributed by atoms with Gasteiger partial charge in [0.2, 0.25) is 10.0 Å². The number of hydrogen-bond donors (Lipinski definition) is 0. The molecule has 6 nitrogen and oxygen atoms in total. The molecule has 0 radical (unpaired) electrons. The summed E-state index contributed by atoms with van der Waals surface area (Å²) in [7, 11) is -3.54. The van der Waals surface area contributed by atoms with Crippen molar-refractivity contribution >= 4 is 10.0 Å². The topological polar surface area (TPSA) is 68.7 Å². The Morgan fingerprint density at radius 3 is 3.17 bits per heavy atom. The molecule has 0 saturated carbocycles. The van der Waals surface area contributed by atoms with Gasteiger partial charge < -0.3 is 9.47 Å². The lowest BCUT2D eigenvalue weighted by Gasteiger charge is -2.49. The lowest BCUT2D eigenvalue weighted by atomic mass is 9.73. The van der Waals surface area contributed by atoms with Gasteiger partial charge in [0.15, 0.2) is 0 Å². The standard InChI is InChI=1S/C17H24N2O4S/c1-2-10-22-14-17-7-4-11-23-16(17)6-9-19(13-17)24(20,21)15-5-3-8-18-12-15/h2-3,5,8,12,16H,1,4,6-7,9-11,13-14H2/t16-,17-/m1/s1. The van der Waals surface area contributed by atoms with Crippen molar-refractivity contribution < 1.29 is 17.9 Å². The highest BCUT2D eigenvalue weighted by molar-refractivity contribution is 7.89. The maximum absolute atomic E-state index is 12.9. The van der Waals surface area contributed by atoms with Gasteiger partial charge in [-0.2, -0.15) is 4.31 Å². The maximum atomic E-state index is 12.9. The van der Waals surface area contributed by atoms with E-state index in [9.17, 15) is 8.42 Å². The minimum absolute atomic E-state index is 0.0522. The van der Waals surface area contributed by atoms with Crippen molar-refractivity contribution in [2.75, 3.05) is 32.9 Å². The number of nitrogens with zero attached hydrogens (tertiary/aromatic N) is 2. The molecule has 0 aromatic carbocycles. The summed E-state index contributed by atoms with van der Waals surface area (Å²) in [6.45, 7) is 6.25. The van der Waals surface area contributed by atoms with Crippen LogP contribution in [-0.2, 0) is 19.5 Å². The van der Waals surface area contributed by atoms with Gasteiger partial charge in [-0.15, -0.1) is 6.58 Å². The smallest absolute Gasteiger partial charge is 0.244 e. The molecule has 0 unspecified atom stereocenters. The largest absolute Gasteiger partial charge is 0.377 e. The summed E-state index contributed by atoms with van der Waals surface area (Å²) in [4.78, 5) is 4.18. The SMILES string of the molecule is C=CCOC[C@]12CCCO[C@@H]1CCN(S(=O)(=O)c1cccnc1)C2. The number of ether oxygens (including phenoxy) is 2. The van der Waals surface area contributed by atoms with Crippen LogP contribution in [0.25, 0.3) is 0 Å². The Morgan fingerprint density at radius 1 is 1.54 bits per heavy atom. The van der Waals surface area contributed by atoms with Crippen LogP contribution < -0.4 is 0 Å². The van der Waals surface area contributed by atoms with Gasteiger partial charge in [-0.25, -0.2) is 8.42 Å². The summed E-state index contributed by atoms with van der Waals surface area (Å²) >= 11 is 0. The van der Waals surface area contributed by atoms with Crippen LogP contribution in [0.15, 0.2) is 42.1 Å². The fourth-order valence-electron chi connectivity index (χ4n) is 3.66. The summed E-state index contributed by atoms with van der Waals surface area (Å²) < 4.78 is 39.1. The number of fused-ring (bicyclic) bond motifs is 1. The van der Waals surface area contributed by atoms with Gasteiger partial charge in [0.05, 0.1) is 19.3 Å². The molecule has 2 aliphatic rings. The molecule has 2 saturated heterocycles. The zero-order valence-electron chi connectivity index (χ0n) is 13.8. The molecule has 7 heteroatoms. The molecule has 0 N–H and O–H groups in total. The molecule has 0 spiro atoms. The van der Waals surface area contributed by atoms with E-state index in [2.05, 4.69) is 11.6 Å². The van der Waals surface area contributed by atoms with E-state index in [4.69, 9.17) is 9.47 Å². The van der Waals surface area contributed by atoms with Crippen molar-refractivity contribution in [1.82, 2.24) is 9.29 Å².